The zero-order valence-electron chi connectivity index (χ0n) is 9.20. The Balaban J connectivity index is 2.37. The van der Waals surface area contributed by atoms with Gasteiger partial charge in [0.2, 0.25) is 0 Å². The smallest absolute Gasteiger partial charge is 0.129 e. The molecule has 0 aliphatic carbocycles. The number of hydrogen-bond donors (Lipinski definition) is 1. The van der Waals surface area contributed by atoms with Gasteiger partial charge >= 0.3 is 0 Å². The number of aliphatic hydroxyl groups excluding tert-OH is 1. The average molecular weight is 236 g/mol. The molecule has 1 N–H and O–H groups in total. The van der Waals surface area contributed by atoms with E-state index in [-0.39, 0.29) is 5.82 Å². The Morgan fingerprint density at radius 3 is 2.56 bits per heavy atom. The third kappa shape index (κ3) is 2.15. The van der Waals surface area contributed by atoms with Gasteiger partial charge in [0, 0.05) is 10.4 Å². The van der Waals surface area contributed by atoms with Crippen LogP contribution in [0.2, 0.25) is 0 Å². The van der Waals surface area contributed by atoms with Gasteiger partial charge in [-0.1, -0.05) is 12.1 Å². The molecule has 0 aliphatic rings. The van der Waals surface area contributed by atoms with Crippen molar-refractivity contribution in [2.45, 2.75) is 20.0 Å². The van der Waals surface area contributed by atoms with E-state index < -0.39 is 6.10 Å². The van der Waals surface area contributed by atoms with E-state index in [1.807, 2.05) is 25.3 Å². The molecule has 3 heteroatoms. The van der Waals surface area contributed by atoms with Crippen LogP contribution in [-0.4, -0.2) is 5.11 Å². The fourth-order valence-corrected chi connectivity index (χ4v) is 2.36. The lowest BCUT2D eigenvalue weighted by atomic mass is 10.0. The number of aliphatic hydroxyl groups is 1. The summed E-state index contributed by atoms with van der Waals surface area (Å²) in [5.74, 6) is -0.351. The molecule has 0 aliphatic heterocycles. The van der Waals surface area contributed by atoms with Gasteiger partial charge in [0.1, 0.15) is 11.9 Å². The fraction of sp³-hybridized carbons (Fsp3) is 0.231. The molecule has 0 spiro atoms. The van der Waals surface area contributed by atoms with Crippen molar-refractivity contribution in [1.82, 2.24) is 0 Å². The number of aryl methyl sites for hydroxylation is 2. The minimum atomic E-state index is -0.870. The van der Waals surface area contributed by atoms with Crippen LogP contribution < -0.4 is 0 Å². The second-order valence-electron chi connectivity index (χ2n) is 3.92. The lowest BCUT2D eigenvalue weighted by Gasteiger charge is -2.10. The maximum absolute atomic E-state index is 13.6. The van der Waals surface area contributed by atoms with E-state index in [1.54, 1.807) is 23.5 Å². The maximum atomic E-state index is 13.6. The van der Waals surface area contributed by atoms with Gasteiger partial charge in [0.15, 0.2) is 0 Å². The second kappa shape index (κ2) is 4.36. The van der Waals surface area contributed by atoms with E-state index in [0.29, 0.717) is 5.56 Å². The molecule has 0 saturated carbocycles. The SMILES string of the molecule is Cc1ccc(C(O)c2csc(C)c2)c(F)c1. The third-order valence-corrected chi connectivity index (χ3v) is 3.40. The molecule has 16 heavy (non-hydrogen) atoms. The highest BCUT2D eigenvalue weighted by Crippen LogP contribution is 2.28. The Morgan fingerprint density at radius 2 is 2.00 bits per heavy atom. The lowest BCUT2D eigenvalue weighted by molar-refractivity contribution is 0.215. The van der Waals surface area contributed by atoms with Gasteiger partial charge in [-0.3, -0.25) is 0 Å². The Morgan fingerprint density at radius 1 is 1.25 bits per heavy atom. The monoisotopic (exact) mass is 236 g/mol. The fourth-order valence-electron chi connectivity index (χ4n) is 1.64. The minimum Gasteiger partial charge on any atom is -0.384 e. The topological polar surface area (TPSA) is 20.2 Å². The quantitative estimate of drug-likeness (QED) is 0.845. The van der Waals surface area contributed by atoms with Crippen LogP contribution in [-0.2, 0) is 0 Å². The molecule has 0 radical (unpaired) electrons. The van der Waals surface area contributed by atoms with Crippen LogP contribution in [0.1, 0.15) is 27.7 Å². The van der Waals surface area contributed by atoms with E-state index >= 15 is 0 Å². The van der Waals surface area contributed by atoms with Crippen molar-refractivity contribution in [2.24, 2.45) is 0 Å². The van der Waals surface area contributed by atoms with Gasteiger partial charge in [-0.2, -0.15) is 0 Å². The number of rotatable bonds is 2. The molecule has 84 valence electrons. The number of hydrogen-bond acceptors (Lipinski definition) is 2. The van der Waals surface area contributed by atoms with E-state index in [1.165, 1.54) is 6.07 Å². The molecule has 1 aromatic carbocycles. The van der Waals surface area contributed by atoms with Gasteiger partial charge in [0.25, 0.3) is 0 Å². The van der Waals surface area contributed by atoms with Crippen LogP contribution in [0.5, 0.6) is 0 Å². The van der Waals surface area contributed by atoms with E-state index in [2.05, 4.69) is 0 Å². The normalized spacial score (nSPS) is 12.8. The molecule has 1 nitrogen and oxygen atoms in total. The van der Waals surface area contributed by atoms with Gasteiger partial charge in [0.05, 0.1) is 0 Å². The van der Waals surface area contributed by atoms with Crippen LogP contribution in [0.4, 0.5) is 4.39 Å². The highest BCUT2D eigenvalue weighted by atomic mass is 32.1. The largest absolute Gasteiger partial charge is 0.384 e. The van der Waals surface area contributed by atoms with Crippen molar-refractivity contribution >= 4 is 11.3 Å². The van der Waals surface area contributed by atoms with Crippen LogP contribution in [0, 0.1) is 19.7 Å². The average Bonchev–Trinajstić information content (AvgIpc) is 2.64. The molecule has 2 rings (SSSR count). The molecule has 1 unspecified atom stereocenters. The van der Waals surface area contributed by atoms with Crippen molar-refractivity contribution in [3.63, 3.8) is 0 Å². The van der Waals surface area contributed by atoms with Gasteiger partial charge in [-0.15, -0.1) is 11.3 Å². The highest BCUT2D eigenvalue weighted by Gasteiger charge is 2.15. The summed E-state index contributed by atoms with van der Waals surface area (Å²) in [6, 6.07) is 6.77. The Bertz CT molecular complexity index is 504. The summed E-state index contributed by atoms with van der Waals surface area (Å²) in [6.07, 6.45) is -0.870. The van der Waals surface area contributed by atoms with Crippen LogP contribution in [0.25, 0.3) is 0 Å². The summed E-state index contributed by atoms with van der Waals surface area (Å²) >= 11 is 1.55. The third-order valence-electron chi connectivity index (χ3n) is 2.52. The first kappa shape index (κ1) is 11.3. The Kier molecular flexibility index (Phi) is 3.08. The molecule has 0 fully saturated rings. The predicted molar refractivity (Wildman–Crippen MR) is 64.3 cm³/mol. The molecule has 1 aromatic heterocycles. The lowest BCUT2D eigenvalue weighted by Crippen LogP contribution is -2.01. The molecule has 2 aromatic rings. The Labute approximate surface area is 98.2 Å². The maximum Gasteiger partial charge on any atom is 0.129 e. The van der Waals surface area contributed by atoms with Crippen molar-refractivity contribution in [1.29, 1.82) is 0 Å². The Hall–Kier alpha value is -1.19. The summed E-state index contributed by atoms with van der Waals surface area (Å²) in [6.45, 7) is 3.79. The molecule has 0 bridgehead atoms. The number of thiophene rings is 1. The zero-order chi connectivity index (χ0) is 11.7. The van der Waals surface area contributed by atoms with Crippen molar-refractivity contribution < 1.29 is 9.50 Å². The first-order valence-corrected chi connectivity index (χ1v) is 5.95. The molecule has 0 saturated heterocycles. The molecule has 0 amide bonds. The van der Waals surface area contributed by atoms with Crippen molar-refractivity contribution in [2.75, 3.05) is 0 Å². The predicted octanol–water partition coefficient (Wildman–Crippen LogP) is 3.59. The van der Waals surface area contributed by atoms with Crippen LogP contribution in [0.15, 0.2) is 29.6 Å². The first-order chi connectivity index (χ1) is 7.58. The van der Waals surface area contributed by atoms with E-state index in [0.717, 1.165) is 16.0 Å². The van der Waals surface area contributed by atoms with Crippen LogP contribution in [0.3, 0.4) is 0 Å². The summed E-state index contributed by atoms with van der Waals surface area (Å²) in [5.41, 5.74) is 1.95. The summed E-state index contributed by atoms with van der Waals surface area (Å²) in [4.78, 5) is 1.11. The number of halogens is 1. The standard InChI is InChI=1S/C13H13FOS/c1-8-3-4-11(12(14)5-8)13(15)10-6-9(2)16-7-10/h3-7,13,15H,1-2H3. The van der Waals surface area contributed by atoms with Gasteiger partial charge in [-0.05, 0) is 42.5 Å². The van der Waals surface area contributed by atoms with E-state index in [4.69, 9.17) is 0 Å². The van der Waals surface area contributed by atoms with Gasteiger partial charge in [-0.25, -0.2) is 4.39 Å². The molecular weight excluding hydrogens is 223 g/mol. The van der Waals surface area contributed by atoms with Crippen molar-refractivity contribution in [3.05, 3.63) is 57.0 Å². The molecular formula is C13H13FOS. The minimum absolute atomic E-state index is 0.336. The highest BCUT2D eigenvalue weighted by molar-refractivity contribution is 7.10. The summed E-state index contributed by atoms with van der Waals surface area (Å²) < 4.78 is 13.6. The summed E-state index contributed by atoms with van der Waals surface area (Å²) in [7, 11) is 0. The number of benzene rings is 1. The first-order valence-electron chi connectivity index (χ1n) is 5.07. The molecule has 1 atom stereocenters. The van der Waals surface area contributed by atoms with Crippen molar-refractivity contribution in [3.8, 4) is 0 Å². The van der Waals surface area contributed by atoms with E-state index in [9.17, 15) is 9.50 Å². The molecule has 1 heterocycles. The zero-order valence-corrected chi connectivity index (χ0v) is 10.0. The second-order valence-corrected chi connectivity index (χ2v) is 5.03. The van der Waals surface area contributed by atoms with Gasteiger partial charge < -0.3 is 5.11 Å². The van der Waals surface area contributed by atoms with Crippen LogP contribution >= 0.6 is 11.3 Å². The summed E-state index contributed by atoms with van der Waals surface area (Å²) in [5, 5.41) is 11.9.